The lowest BCUT2D eigenvalue weighted by Crippen LogP contribution is -2.52. The molecule has 0 spiro atoms. The van der Waals surface area contributed by atoms with Crippen molar-refractivity contribution in [1.82, 2.24) is 19.6 Å². The van der Waals surface area contributed by atoms with Crippen molar-refractivity contribution in [2.24, 2.45) is 11.8 Å². The van der Waals surface area contributed by atoms with Crippen LogP contribution in [0.3, 0.4) is 0 Å². The minimum Gasteiger partial charge on any atom is -0.497 e. The van der Waals surface area contributed by atoms with Crippen LogP contribution >= 0.6 is 0 Å². The van der Waals surface area contributed by atoms with Crippen LogP contribution < -0.4 is 24.8 Å². The van der Waals surface area contributed by atoms with E-state index in [1.165, 1.54) is 69.7 Å². The number of fused-ring (bicyclic) bond motifs is 2. The van der Waals surface area contributed by atoms with Gasteiger partial charge in [-0.2, -0.15) is 0 Å². The summed E-state index contributed by atoms with van der Waals surface area (Å²) in [7, 11) is -5.33. The fourth-order valence-corrected chi connectivity index (χ4v) is 14.0. The minimum absolute atomic E-state index is 0.00620. The molecule has 6 fully saturated rings. The van der Waals surface area contributed by atoms with Gasteiger partial charge < -0.3 is 73.0 Å². The number of hydrogen-bond donors (Lipinski definition) is 4. The van der Waals surface area contributed by atoms with Crippen LogP contribution in [-0.4, -0.2) is 201 Å². The van der Waals surface area contributed by atoms with Crippen molar-refractivity contribution in [3.05, 3.63) is 155 Å². The number of rotatable bonds is 26. The van der Waals surface area contributed by atoms with E-state index >= 15 is 0 Å². The first-order valence-electron chi connectivity index (χ1n) is 31.9. The van der Waals surface area contributed by atoms with Crippen LogP contribution in [0.5, 0.6) is 17.2 Å². The number of nitro groups is 1. The molecule has 10 unspecified atom stereocenters. The summed E-state index contributed by atoms with van der Waals surface area (Å²) >= 11 is 0. The SMILES string of the molecule is COc1ccc(S(=O)(=O)N(CC(O)C(Cc2ccccc2)NC(=O)OC2COC3OCCC23)OC2CCOCC2)cc1.COc1ccc(S(=O)(=O)N(CC(O)C(Cc2ccccc2)NC(C)=O)OC2CCOCC2)cc1.O=C(Oc1ccc([N+](=O)[O-])cc1)OC1COC2OCCC12. The zero-order valence-corrected chi connectivity index (χ0v) is 55.5. The Hall–Kier alpha value is -7.47. The second kappa shape index (κ2) is 35.9. The standard InChI is InChI=1S/C29H38N2O10S.C24H32N2O7S.C13H13NO7/c1-36-21-7-9-23(10-8-21)42(34,35)31(41-22-11-14-37-15-12-22)18-26(32)25(17-20-5-3-2-4-6-20)30-29(33)40-27-19-39-28-24(27)13-16-38-28;1-18(27)25-23(16-19-6-4-3-5-7-19)24(28)17-26(33-21-12-14-32-15-13-21)34(29,30)22-10-8-20(31-2)9-11-22;15-13(20-9-3-1-8(2-4-9)14(16)17)21-11-7-19-12-10(11)5-6-18-12/h2-10,22,24-28,32H,11-19H2,1H3,(H,30,33);3-11,21,23-24,28H,12-17H2,1-2H3,(H,25,27);1-4,10-12H,5-7H2. The van der Waals surface area contributed by atoms with E-state index < -0.39 is 80.3 Å². The zero-order chi connectivity index (χ0) is 68.9. The zero-order valence-electron chi connectivity index (χ0n) is 53.9. The molecule has 2 amide bonds. The molecule has 31 heteroatoms. The van der Waals surface area contributed by atoms with Crippen LogP contribution in [0.1, 0.15) is 56.6 Å². The van der Waals surface area contributed by atoms with Crippen molar-refractivity contribution in [2.45, 2.75) is 129 Å². The first-order chi connectivity index (χ1) is 46.7. The predicted octanol–water partition coefficient (Wildman–Crippen LogP) is 6.03. The highest BCUT2D eigenvalue weighted by Crippen LogP contribution is 2.35. The molecular formula is C66H83N5O24S2. The third-order valence-corrected chi connectivity index (χ3v) is 20.0. The quantitative estimate of drug-likeness (QED) is 0.0212. The Bertz CT molecular complexity index is 3520. The highest BCUT2D eigenvalue weighted by Gasteiger charge is 2.46. The van der Waals surface area contributed by atoms with E-state index in [1.807, 2.05) is 60.7 Å². The van der Waals surface area contributed by atoms with Gasteiger partial charge in [-0.15, -0.1) is 0 Å². The van der Waals surface area contributed by atoms with Gasteiger partial charge >= 0.3 is 12.2 Å². The maximum Gasteiger partial charge on any atom is 0.514 e. The van der Waals surface area contributed by atoms with Gasteiger partial charge in [-0.3, -0.25) is 24.6 Å². The average Bonchev–Trinajstić information content (AvgIpc) is 1.50. The summed E-state index contributed by atoms with van der Waals surface area (Å²) in [6.45, 7) is 4.00. The number of methoxy groups -OCH3 is 2. The Morgan fingerprint density at radius 3 is 1.38 bits per heavy atom. The van der Waals surface area contributed by atoms with Crippen LogP contribution in [0, 0.1) is 22.0 Å². The van der Waals surface area contributed by atoms with E-state index in [1.54, 1.807) is 24.3 Å². The van der Waals surface area contributed by atoms with E-state index in [-0.39, 0.29) is 89.9 Å². The molecule has 528 valence electrons. The molecule has 11 rings (SSSR count). The summed E-state index contributed by atoms with van der Waals surface area (Å²) < 4.78 is 115. The molecule has 0 radical (unpaired) electrons. The van der Waals surface area contributed by atoms with E-state index in [0.29, 0.717) is 83.2 Å². The summed E-state index contributed by atoms with van der Waals surface area (Å²) in [6.07, 6.45) is -2.40. The molecule has 0 bridgehead atoms. The number of aliphatic hydroxyl groups is 2. The minimum atomic E-state index is -4.20. The van der Waals surface area contributed by atoms with Gasteiger partial charge in [0.1, 0.15) is 29.5 Å². The topological polar surface area (TPSA) is 354 Å². The van der Waals surface area contributed by atoms with E-state index in [2.05, 4.69) is 10.6 Å². The number of hydrogen-bond acceptors (Lipinski definition) is 24. The highest BCUT2D eigenvalue weighted by molar-refractivity contribution is 7.89. The molecule has 4 N–H and O–H groups in total. The number of non-ortho nitro benzene ring substituents is 1. The Balaban J connectivity index is 0.000000180. The number of nitrogens with one attached hydrogen (secondary N) is 2. The average molecular weight is 1390 g/mol. The van der Waals surface area contributed by atoms with Crippen molar-refractivity contribution in [3.8, 4) is 17.2 Å². The van der Waals surface area contributed by atoms with Gasteiger partial charge in [0.25, 0.3) is 25.7 Å². The molecule has 29 nitrogen and oxygen atoms in total. The van der Waals surface area contributed by atoms with Crippen LogP contribution in [0.15, 0.2) is 143 Å². The van der Waals surface area contributed by atoms with Crippen molar-refractivity contribution in [2.75, 3.05) is 80.2 Å². The van der Waals surface area contributed by atoms with Crippen LogP contribution in [-0.2, 0) is 85.3 Å². The lowest BCUT2D eigenvalue weighted by Gasteiger charge is -2.32. The Morgan fingerprint density at radius 2 is 0.969 bits per heavy atom. The number of amides is 2. The van der Waals surface area contributed by atoms with E-state index in [0.717, 1.165) is 32.9 Å². The van der Waals surface area contributed by atoms with Gasteiger partial charge in [0.05, 0.1) is 117 Å². The smallest absolute Gasteiger partial charge is 0.497 e. The molecule has 0 aromatic heterocycles. The summed E-state index contributed by atoms with van der Waals surface area (Å²) in [5.41, 5.74) is 1.66. The number of carbonyl (C=O) groups excluding carboxylic acids is 3. The highest BCUT2D eigenvalue weighted by atomic mass is 32.2. The Morgan fingerprint density at radius 1 is 0.557 bits per heavy atom. The first kappa shape index (κ1) is 73.8. The van der Waals surface area contributed by atoms with Gasteiger partial charge in [0, 0.05) is 45.5 Å². The number of nitro benzene ring substituents is 1. The van der Waals surface area contributed by atoms with Crippen LogP contribution in [0.4, 0.5) is 15.3 Å². The lowest BCUT2D eigenvalue weighted by atomic mass is 10.0. The third kappa shape index (κ3) is 21.3. The van der Waals surface area contributed by atoms with Gasteiger partial charge in [-0.1, -0.05) is 69.6 Å². The largest absolute Gasteiger partial charge is 0.514 e. The molecule has 6 aliphatic heterocycles. The number of hydroxylamine groups is 2. The first-order valence-corrected chi connectivity index (χ1v) is 34.7. The molecule has 5 aromatic rings. The molecule has 0 saturated carbocycles. The maximum absolute atomic E-state index is 13.8. The monoisotopic (exact) mass is 1390 g/mol. The number of carbonyl (C=O) groups is 3. The number of alkyl carbamates (subject to hydrolysis) is 1. The van der Waals surface area contributed by atoms with Crippen molar-refractivity contribution < 1.29 is 108 Å². The van der Waals surface area contributed by atoms with Crippen molar-refractivity contribution in [3.63, 3.8) is 0 Å². The lowest BCUT2D eigenvalue weighted by molar-refractivity contribution is -0.384. The van der Waals surface area contributed by atoms with Gasteiger partial charge in [0.2, 0.25) is 5.91 Å². The van der Waals surface area contributed by atoms with E-state index in [4.69, 9.17) is 61.8 Å². The number of sulfonamides is 2. The van der Waals surface area contributed by atoms with Crippen molar-refractivity contribution >= 4 is 43.9 Å². The fourth-order valence-electron chi connectivity index (χ4n) is 11.4. The number of ether oxygens (including phenoxy) is 11. The second-order valence-corrected chi connectivity index (χ2v) is 27.1. The molecular weight excluding hydrogens is 1310 g/mol. The van der Waals surface area contributed by atoms with E-state index in [9.17, 15) is 51.5 Å². The Labute approximate surface area is 562 Å². The van der Waals surface area contributed by atoms with Gasteiger partial charge in [0.15, 0.2) is 12.6 Å². The summed E-state index contributed by atoms with van der Waals surface area (Å²) in [6, 6.07) is 34.1. The summed E-state index contributed by atoms with van der Waals surface area (Å²) in [5.74, 6) is 0.864. The molecule has 10 atom stereocenters. The molecule has 6 saturated heterocycles. The normalized spacial score (nSPS) is 22.2. The number of nitrogens with zero attached hydrogens (tertiary/aromatic N) is 3. The molecule has 0 aliphatic carbocycles. The van der Waals surface area contributed by atoms with Gasteiger partial charge in [-0.05, 0) is 123 Å². The fraction of sp³-hybridized carbons (Fsp3) is 0.500. The second-order valence-electron chi connectivity index (χ2n) is 23.5. The third-order valence-electron chi connectivity index (χ3n) is 16.7. The van der Waals surface area contributed by atoms with Crippen molar-refractivity contribution in [1.29, 1.82) is 0 Å². The number of aliphatic hydroxyl groups excluding tert-OH is 2. The van der Waals surface area contributed by atoms with Crippen LogP contribution in [0.25, 0.3) is 0 Å². The summed E-state index contributed by atoms with van der Waals surface area (Å²) in [4.78, 5) is 58.4. The summed E-state index contributed by atoms with van der Waals surface area (Å²) in [5, 5.41) is 38.6. The molecule has 97 heavy (non-hydrogen) atoms. The molecule has 6 heterocycles. The molecule has 5 aromatic carbocycles. The molecule has 6 aliphatic rings. The predicted molar refractivity (Wildman–Crippen MR) is 342 cm³/mol. The van der Waals surface area contributed by atoms with Gasteiger partial charge in [-0.25, -0.2) is 26.4 Å². The Kier molecular flexibility index (Phi) is 27.3. The number of benzene rings is 5. The maximum atomic E-state index is 13.8. The van der Waals surface area contributed by atoms with Crippen LogP contribution in [0.2, 0.25) is 0 Å².